The van der Waals surface area contributed by atoms with E-state index in [0.29, 0.717) is 6.26 Å². The first-order valence-electron chi connectivity index (χ1n) is 20.9. The fraction of sp³-hybridized carbons (Fsp3) is 0.0175. The Morgan fingerprint density at radius 2 is 0.677 bits per heavy atom. The van der Waals surface area contributed by atoms with Crippen molar-refractivity contribution >= 4 is 85.0 Å². The van der Waals surface area contributed by atoms with Gasteiger partial charge in [0.1, 0.15) is 0 Å². The quantitative estimate of drug-likeness (QED) is 0.0688. The van der Waals surface area contributed by atoms with Crippen molar-refractivity contribution in [1.29, 1.82) is 0 Å². The minimum absolute atomic E-state index is 0. The van der Waals surface area contributed by atoms with Crippen LogP contribution >= 0.6 is 15.8 Å². The first-order valence-corrected chi connectivity index (χ1v) is 25.4. The number of nitrogens with two attached hydrogens (primary N) is 1. The number of anilines is 1. The van der Waals surface area contributed by atoms with Gasteiger partial charge in [0.15, 0.2) is 0 Å². The van der Waals surface area contributed by atoms with Crippen LogP contribution in [-0.2, 0) is 30.5 Å². The molecule has 10 aromatic rings. The first kappa shape index (κ1) is 46.9. The Kier molecular flexibility index (Phi) is 16.1. The zero-order valence-electron chi connectivity index (χ0n) is 35.6. The van der Waals surface area contributed by atoms with Crippen LogP contribution in [0.15, 0.2) is 249 Å². The third-order valence-corrected chi connectivity index (χ3v) is 15.6. The molecule has 10 rings (SSSR count). The van der Waals surface area contributed by atoms with E-state index in [0.717, 1.165) is 11.3 Å². The third-order valence-electron chi connectivity index (χ3n) is 10.6. The summed E-state index contributed by atoms with van der Waals surface area (Å²) >= 11 is 0. The van der Waals surface area contributed by atoms with Gasteiger partial charge in [0.25, 0.3) is 10.1 Å². The molecule has 65 heavy (non-hydrogen) atoms. The maximum atomic E-state index is 9.19. The topological polar surface area (TPSA) is 80.4 Å². The first-order chi connectivity index (χ1) is 31.2. The molecule has 0 saturated heterocycles. The number of nitrogen functional groups attached to an aromatic ring is 1. The summed E-state index contributed by atoms with van der Waals surface area (Å²) in [7, 11) is -5.37. The van der Waals surface area contributed by atoms with Gasteiger partial charge in [-0.2, -0.15) is 8.42 Å². The average Bonchev–Trinajstić information content (AvgIpc) is 3.33. The van der Waals surface area contributed by atoms with Gasteiger partial charge in [0, 0.05) is 31.7 Å². The predicted octanol–water partition coefficient (Wildman–Crippen LogP) is 11.6. The van der Waals surface area contributed by atoms with Crippen LogP contribution in [0.4, 0.5) is 5.69 Å². The molecule has 0 unspecified atom stereocenters. The van der Waals surface area contributed by atoms with Gasteiger partial charge in [0.05, 0.1) is 6.26 Å². The van der Waals surface area contributed by atoms with Crippen molar-refractivity contribution in [2.24, 2.45) is 0 Å². The number of para-hydroxylation sites is 1. The summed E-state index contributed by atoms with van der Waals surface area (Å²) < 4.78 is 25.9. The van der Waals surface area contributed by atoms with Crippen LogP contribution in [0.2, 0.25) is 0 Å². The molecule has 0 aliphatic rings. The fourth-order valence-corrected chi connectivity index (χ4v) is 12.9. The maximum Gasteiger partial charge on any atom is 0.261 e. The second-order valence-electron chi connectivity index (χ2n) is 15.1. The Morgan fingerprint density at radius 3 is 1.03 bits per heavy atom. The van der Waals surface area contributed by atoms with Crippen molar-refractivity contribution in [1.82, 2.24) is 0 Å². The second kappa shape index (κ2) is 22.2. The largest absolute Gasteiger partial charge is 0.398 e. The molecule has 324 valence electrons. The minimum Gasteiger partial charge on any atom is -0.398 e. The second-order valence-corrected chi connectivity index (χ2v) is 20.9. The van der Waals surface area contributed by atoms with E-state index in [9.17, 15) is 8.42 Å². The summed E-state index contributed by atoms with van der Waals surface area (Å²) in [5.74, 6) is 0. The molecule has 0 aliphatic heterocycles. The number of hydrogen-bond acceptors (Lipinski definition) is 3. The van der Waals surface area contributed by atoms with Gasteiger partial charge < -0.3 is 5.73 Å². The molecule has 0 aliphatic carbocycles. The van der Waals surface area contributed by atoms with Crippen molar-refractivity contribution in [3.8, 4) is 22.3 Å². The Morgan fingerprint density at radius 1 is 0.385 bits per heavy atom. The normalized spacial score (nSPS) is 11.0. The minimum atomic E-state index is -3.67. The van der Waals surface area contributed by atoms with Crippen LogP contribution in [0, 0.1) is 0 Å². The molecule has 0 spiro atoms. The molecule has 8 heteroatoms. The molecular weight excluding hydrogens is 947 g/mol. The van der Waals surface area contributed by atoms with E-state index in [-0.39, 0.29) is 20.4 Å². The van der Waals surface area contributed by atoms with Gasteiger partial charge in [-0.15, -0.1) is 0 Å². The zero-order chi connectivity index (χ0) is 44.3. The van der Waals surface area contributed by atoms with Crippen LogP contribution < -0.4 is 37.6 Å². The number of fused-ring (bicyclic) bond motifs is 2. The summed E-state index contributed by atoms with van der Waals surface area (Å²) in [4.78, 5) is 0. The van der Waals surface area contributed by atoms with Crippen molar-refractivity contribution in [2.45, 2.75) is 0 Å². The van der Waals surface area contributed by atoms with Crippen LogP contribution in [-0.4, -0.2) is 19.2 Å². The van der Waals surface area contributed by atoms with Gasteiger partial charge in [-0.25, -0.2) is 0 Å². The smallest absolute Gasteiger partial charge is 0.261 e. The average molecular weight is 994 g/mol. The van der Waals surface area contributed by atoms with E-state index in [1.807, 2.05) is 42.5 Å². The molecule has 0 bridgehead atoms. The summed E-state index contributed by atoms with van der Waals surface area (Å²) in [5.41, 5.74) is 11.6. The van der Waals surface area contributed by atoms with Crippen LogP contribution in [0.5, 0.6) is 0 Å². The van der Waals surface area contributed by atoms with E-state index in [2.05, 4.69) is 206 Å². The number of hydrogen-bond donors (Lipinski definition) is 2. The summed E-state index contributed by atoms with van der Waals surface area (Å²) in [6, 6.07) is 89.9. The van der Waals surface area contributed by atoms with Gasteiger partial charge >= 0.3 is 0 Å². The standard InChI is InChI=1S/C44H32P2.C12H11N.CH4O3S.Pd/c1-5-19-35(20-6-1)45(36-21-7-2-8-22-36)41-31-29-33-17-13-15-27-39(33)43(41)44-40-28-16-14-18-34(40)30-32-42(44)46(37-23-9-3-10-24-37)38-25-11-4-12-26-38;13-12-9-5-4-8-11(12)10-6-2-1-3-7-10;1-5(2,3)4;/h1-32H;1-9H,13H2;1H3,(H,2,3,4);. The molecule has 0 saturated carbocycles. The van der Waals surface area contributed by atoms with E-state index in [4.69, 9.17) is 10.3 Å². The third kappa shape index (κ3) is 11.6. The van der Waals surface area contributed by atoms with Gasteiger partial charge in [0.2, 0.25) is 0 Å². The summed E-state index contributed by atoms with van der Waals surface area (Å²) in [6.07, 6.45) is 0.715. The number of benzene rings is 10. The van der Waals surface area contributed by atoms with Crippen molar-refractivity contribution in [3.05, 3.63) is 249 Å². The van der Waals surface area contributed by atoms with Gasteiger partial charge in [-0.1, -0.05) is 243 Å². The van der Waals surface area contributed by atoms with Crippen molar-refractivity contribution in [3.63, 3.8) is 0 Å². The molecule has 0 aromatic heterocycles. The van der Waals surface area contributed by atoms with Crippen molar-refractivity contribution in [2.75, 3.05) is 12.0 Å². The Balaban J connectivity index is 0.000000277. The molecule has 0 amide bonds. The molecule has 0 atom stereocenters. The van der Waals surface area contributed by atoms with E-state index < -0.39 is 26.0 Å². The molecule has 3 N–H and O–H groups in total. The summed E-state index contributed by atoms with van der Waals surface area (Å²) in [6.45, 7) is 0. The van der Waals surface area contributed by atoms with E-state index in [1.165, 1.54) is 70.1 Å². The SMILES string of the molecule is CS(=O)(=O)O.Nc1ccccc1-c1ccccc1.[Pd].c1ccc(P(c2ccccc2)c2ccc3ccccc3c2-c2c(P(c3ccccc3)c3ccccc3)ccc3ccccc23)cc1. The van der Waals surface area contributed by atoms with E-state index >= 15 is 0 Å². The maximum absolute atomic E-state index is 9.19. The molecule has 10 aromatic carbocycles. The van der Waals surface area contributed by atoms with Crippen LogP contribution in [0.25, 0.3) is 43.8 Å². The Hall–Kier alpha value is -6.05. The Labute approximate surface area is 398 Å². The Bertz CT molecular complexity index is 2970. The monoisotopic (exact) mass is 993 g/mol. The molecule has 4 nitrogen and oxygen atoms in total. The predicted molar refractivity (Wildman–Crippen MR) is 278 cm³/mol. The van der Waals surface area contributed by atoms with E-state index in [1.54, 1.807) is 0 Å². The van der Waals surface area contributed by atoms with Crippen molar-refractivity contribution < 1.29 is 33.4 Å². The molecular formula is C57H47NO3P2PdS. The molecule has 0 fully saturated rings. The fourth-order valence-electron chi connectivity index (χ4n) is 7.96. The summed E-state index contributed by atoms with van der Waals surface area (Å²) in [5, 5.41) is 13.3. The zero-order valence-corrected chi connectivity index (χ0v) is 39.8. The van der Waals surface area contributed by atoms with Gasteiger partial charge in [-0.3, -0.25) is 4.55 Å². The molecule has 0 heterocycles. The number of rotatable bonds is 8. The van der Waals surface area contributed by atoms with Crippen LogP contribution in [0.1, 0.15) is 0 Å². The molecule has 0 radical (unpaired) electrons. The van der Waals surface area contributed by atoms with Gasteiger partial charge in [-0.05, 0) is 92.0 Å². The van der Waals surface area contributed by atoms with Crippen LogP contribution in [0.3, 0.4) is 0 Å².